The predicted molar refractivity (Wildman–Crippen MR) is 111 cm³/mol. The Hall–Kier alpha value is -2.80. The standard InChI is InChI=1S/C21H24N2O4S/c1-3-27-19-10-8-17(9-11-19)23(18-12-13-28(25,26)15-18)21(24)14-22-20-7-5-4-6-16(20)2/h4-13,18,22H,3,14-15H2,1-2H3. The van der Waals surface area contributed by atoms with Crippen molar-refractivity contribution in [1.29, 1.82) is 0 Å². The average Bonchev–Trinajstić information content (AvgIpc) is 3.02. The van der Waals surface area contributed by atoms with Crippen LogP contribution in [0.1, 0.15) is 12.5 Å². The highest BCUT2D eigenvalue weighted by molar-refractivity contribution is 7.94. The molecule has 1 unspecified atom stereocenters. The number of anilines is 2. The van der Waals surface area contributed by atoms with E-state index in [4.69, 9.17) is 4.74 Å². The number of nitrogens with zero attached hydrogens (tertiary/aromatic N) is 1. The van der Waals surface area contributed by atoms with E-state index in [2.05, 4.69) is 5.32 Å². The normalized spacial score (nSPS) is 17.3. The van der Waals surface area contributed by atoms with Gasteiger partial charge in [-0.1, -0.05) is 18.2 Å². The number of carbonyl (C=O) groups is 1. The van der Waals surface area contributed by atoms with Gasteiger partial charge >= 0.3 is 0 Å². The Balaban J connectivity index is 1.82. The Morgan fingerprint density at radius 2 is 1.89 bits per heavy atom. The SMILES string of the molecule is CCOc1ccc(N(C(=O)CNc2ccccc2C)C2C=CS(=O)(=O)C2)cc1. The molecule has 1 heterocycles. The molecule has 0 spiro atoms. The zero-order chi connectivity index (χ0) is 20.1. The molecule has 0 fully saturated rings. The summed E-state index contributed by atoms with van der Waals surface area (Å²) in [5.41, 5.74) is 2.54. The lowest BCUT2D eigenvalue weighted by atomic mass is 10.2. The van der Waals surface area contributed by atoms with E-state index in [0.29, 0.717) is 18.0 Å². The number of rotatable bonds is 7. The van der Waals surface area contributed by atoms with E-state index < -0.39 is 15.9 Å². The van der Waals surface area contributed by atoms with Crippen LogP contribution in [0, 0.1) is 6.92 Å². The molecule has 28 heavy (non-hydrogen) atoms. The highest BCUT2D eigenvalue weighted by Crippen LogP contribution is 2.25. The van der Waals surface area contributed by atoms with Crippen LogP contribution >= 0.6 is 0 Å². The van der Waals surface area contributed by atoms with Crippen LogP contribution in [0.2, 0.25) is 0 Å². The number of aryl methyl sites for hydroxylation is 1. The molecule has 0 radical (unpaired) electrons. The molecule has 1 N–H and O–H groups in total. The Morgan fingerprint density at radius 3 is 2.50 bits per heavy atom. The first-order valence-electron chi connectivity index (χ1n) is 9.15. The van der Waals surface area contributed by atoms with Gasteiger partial charge in [0, 0.05) is 16.8 Å². The first kappa shape index (κ1) is 19.9. The summed E-state index contributed by atoms with van der Waals surface area (Å²) < 4.78 is 29.3. The van der Waals surface area contributed by atoms with Gasteiger partial charge in [-0.05, 0) is 55.8 Å². The summed E-state index contributed by atoms with van der Waals surface area (Å²) in [6.45, 7) is 4.47. The minimum absolute atomic E-state index is 0.0580. The Labute approximate surface area is 165 Å². The molecular formula is C21H24N2O4S. The maximum absolute atomic E-state index is 13.0. The smallest absolute Gasteiger partial charge is 0.246 e. The number of para-hydroxylation sites is 1. The molecule has 1 amide bonds. The minimum atomic E-state index is -3.29. The number of hydrogen-bond acceptors (Lipinski definition) is 5. The fraction of sp³-hybridized carbons (Fsp3) is 0.286. The van der Waals surface area contributed by atoms with Gasteiger partial charge in [0.1, 0.15) is 5.75 Å². The second-order valence-electron chi connectivity index (χ2n) is 6.58. The molecule has 7 heteroatoms. The van der Waals surface area contributed by atoms with Crippen molar-refractivity contribution < 1.29 is 17.9 Å². The van der Waals surface area contributed by atoms with Crippen LogP contribution in [-0.4, -0.2) is 39.3 Å². The van der Waals surface area contributed by atoms with E-state index in [-0.39, 0.29) is 18.2 Å². The zero-order valence-corrected chi connectivity index (χ0v) is 16.8. The fourth-order valence-corrected chi connectivity index (χ4v) is 4.41. The molecule has 2 aromatic carbocycles. The number of hydrogen-bond donors (Lipinski definition) is 1. The molecule has 1 aliphatic rings. The van der Waals surface area contributed by atoms with Crippen molar-refractivity contribution in [1.82, 2.24) is 0 Å². The van der Waals surface area contributed by atoms with E-state index in [0.717, 1.165) is 11.3 Å². The lowest BCUT2D eigenvalue weighted by molar-refractivity contribution is -0.117. The monoisotopic (exact) mass is 400 g/mol. The van der Waals surface area contributed by atoms with Crippen molar-refractivity contribution in [2.24, 2.45) is 0 Å². The van der Waals surface area contributed by atoms with Crippen LogP contribution in [0.4, 0.5) is 11.4 Å². The molecule has 3 rings (SSSR count). The van der Waals surface area contributed by atoms with E-state index in [1.807, 2.05) is 38.1 Å². The maximum atomic E-state index is 13.0. The quantitative estimate of drug-likeness (QED) is 0.773. The van der Waals surface area contributed by atoms with E-state index in [1.54, 1.807) is 30.3 Å². The summed E-state index contributed by atoms with van der Waals surface area (Å²) in [6.07, 6.45) is 1.57. The maximum Gasteiger partial charge on any atom is 0.246 e. The van der Waals surface area contributed by atoms with Gasteiger partial charge < -0.3 is 15.0 Å². The van der Waals surface area contributed by atoms with Crippen molar-refractivity contribution in [3.8, 4) is 5.75 Å². The Kier molecular flexibility index (Phi) is 6.04. The lowest BCUT2D eigenvalue weighted by Crippen LogP contribution is -2.44. The molecule has 6 nitrogen and oxygen atoms in total. The molecule has 0 aliphatic carbocycles. The number of amides is 1. The summed E-state index contributed by atoms with van der Waals surface area (Å²) in [6, 6.07) is 14.3. The molecule has 2 aromatic rings. The molecule has 0 aromatic heterocycles. The van der Waals surface area contributed by atoms with E-state index >= 15 is 0 Å². The minimum Gasteiger partial charge on any atom is -0.494 e. The highest BCUT2D eigenvalue weighted by atomic mass is 32.2. The zero-order valence-electron chi connectivity index (χ0n) is 16.0. The summed E-state index contributed by atoms with van der Waals surface area (Å²) >= 11 is 0. The molecule has 0 bridgehead atoms. The Morgan fingerprint density at radius 1 is 1.18 bits per heavy atom. The van der Waals surface area contributed by atoms with E-state index in [1.165, 1.54) is 10.3 Å². The van der Waals surface area contributed by atoms with Crippen LogP contribution in [0.3, 0.4) is 0 Å². The summed E-state index contributed by atoms with van der Waals surface area (Å²) in [7, 11) is -3.29. The van der Waals surface area contributed by atoms with Crippen molar-refractivity contribution in [3.05, 3.63) is 65.6 Å². The predicted octanol–water partition coefficient (Wildman–Crippen LogP) is 3.15. The van der Waals surface area contributed by atoms with Crippen molar-refractivity contribution in [2.45, 2.75) is 19.9 Å². The first-order chi connectivity index (χ1) is 13.4. The number of nitrogens with one attached hydrogen (secondary N) is 1. The van der Waals surface area contributed by atoms with Crippen LogP contribution in [-0.2, 0) is 14.6 Å². The summed E-state index contributed by atoms with van der Waals surface area (Å²) in [5.74, 6) is 0.376. The van der Waals surface area contributed by atoms with Crippen LogP contribution < -0.4 is 15.0 Å². The average molecular weight is 401 g/mol. The third-order valence-electron chi connectivity index (χ3n) is 4.51. The van der Waals surface area contributed by atoms with Gasteiger partial charge in [0.25, 0.3) is 0 Å². The van der Waals surface area contributed by atoms with Crippen LogP contribution in [0.25, 0.3) is 0 Å². The van der Waals surface area contributed by atoms with E-state index in [9.17, 15) is 13.2 Å². The first-order valence-corrected chi connectivity index (χ1v) is 10.9. The second kappa shape index (κ2) is 8.48. The summed E-state index contributed by atoms with van der Waals surface area (Å²) in [5, 5.41) is 4.33. The fourth-order valence-electron chi connectivity index (χ4n) is 3.14. The van der Waals surface area contributed by atoms with Crippen molar-refractivity contribution in [2.75, 3.05) is 29.1 Å². The van der Waals surface area contributed by atoms with Gasteiger partial charge in [0.2, 0.25) is 5.91 Å². The molecule has 148 valence electrons. The van der Waals surface area contributed by atoms with Gasteiger partial charge in [-0.25, -0.2) is 8.42 Å². The number of ether oxygens (including phenoxy) is 1. The number of benzene rings is 2. The van der Waals surface area contributed by atoms with Crippen molar-refractivity contribution >= 4 is 27.1 Å². The molecular weight excluding hydrogens is 376 g/mol. The highest BCUT2D eigenvalue weighted by Gasteiger charge is 2.31. The third kappa shape index (κ3) is 4.72. The molecule has 1 aliphatic heterocycles. The second-order valence-corrected chi connectivity index (χ2v) is 8.52. The van der Waals surface area contributed by atoms with Gasteiger partial charge in [0.15, 0.2) is 9.84 Å². The number of sulfone groups is 1. The number of carbonyl (C=O) groups excluding carboxylic acids is 1. The van der Waals surface area contributed by atoms with Crippen LogP contribution in [0.15, 0.2) is 60.0 Å². The molecule has 1 atom stereocenters. The van der Waals surface area contributed by atoms with Crippen molar-refractivity contribution in [3.63, 3.8) is 0 Å². The largest absolute Gasteiger partial charge is 0.494 e. The third-order valence-corrected chi connectivity index (χ3v) is 5.89. The lowest BCUT2D eigenvalue weighted by Gasteiger charge is -2.28. The van der Waals surface area contributed by atoms with Gasteiger partial charge in [0.05, 0.1) is 24.9 Å². The van der Waals surface area contributed by atoms with Gasteiger partial charge in [-0.2, -0.15) is 0 Å². The molecule has 0 saturated heterocycles. The molecule has 0 saturated carbocycles. The summed E-state index contributed by atoms with van der Waals surface area (Å²) in [4.78, 5) is 14.6. The van der Waals surface area contributed by atoms with Gasteiger partial charge in [-0.3, -0.25) is 4.79 Å². The Bertz CT molecular complexity index is 968. The topological polar surface area (TPSA) is 75.7 Å². The van der Waals surface area contributed by atoms with Crippen LogP contribution in [0.5, 0.6) is 5.75 Å². The van der Waals surface area contributed by atoms with Gasteiger partial charge in [-0.15, -0.1) is 0 Å².